The van der Waals surface area contributed by atoms with Crippen molar-refractivity contribution in [3.05, 3.63) is 64.2 Å². The monoisotopic (exact) mass is 436 g/mol. The molecule has 2 atom stereocenters. The number of rotatable bonds is 8. The minimum Gasteiger partial charge on any atom is -0.348 e. The Bertz CT molecular complexity index is 959. The first-order valence-electron chi connectivity index (χ1n) is 9.73. The van der Waals surface area contributed by atoms with E-state index in [0.29, 0.717) is 17.1 Å². The zero-order valence-corrected chi connectivity index (χ0v) is 19.1. The fourth-order valence-electron chi connectivity index (χ4n) is 3.29. The molecule has 0 aliphatic heterocycles. The number of hydrogen-bond donors (Lipinski definition) is 1. The summed E-state index contributed by atoms with van der Waals surface area (Å²) in [5, 5.41) is 3.38. The van der Waals surface area contributed by atoms with Crippen LogP contribution in [-0.2, 0) is 21.2 Å². The van der Waals surface area contributed by atoms with Crippen LogP contribution in [-0.4, -0.2) is 26.6 Å². The molecular formula is C22H29ClN2O3S. The second-order valence-electron chi connectivity index (χ2n) is 7.24. The van der Waals surface area contributed by atoms with E-state index in [-0.39, 0.29) is 11.9 Å². The third-order valence-corrected chi connectivity index (χ3v) is 6.39. The summed E-state index contributed by atoms with van der Waals surface area (Å²) in [5.41, 5.74) is 3.34. The van der Waals surface area contributed by atoms with Crippen LogP contribution in [0.4, 0.5) is 5.69 Å². The van der Waals surface area contributed by atoms with E-state index in [9.17, 15) is 13.2 Å². The molecule has 0 heterocycles. The molecule has 7 heteroatoms. The van der Waals surface area contributed by atoms with Gasteiger partial charge in [-0.15, -0.1) is 0 Å². The van der Waals surface area contributed by atoms with Gasteiger partial charge < -0.3 is 5.32 Å². The molecule has 1 N–H and O–H groups in total. The maximum absolute atomic E-state index is 13.1. The van der Waals surface area contributed by atoms with Crippen LogP contribution in [0.2, 0.25) is 5.02 Å². The summed E-state index contributed by atoms with van der Waals surface area (Å²) in [6.45, 7) is 7.57. The minimum absolute atomic E-state index is 0.246. The molecule has 0 aliphatic carbocycles. The highest BCUT2D eigenvalue weighted by atomic mass is 35.5. The molecule has 5 nitrogen and oxygen atoms in total. The molecule has 2 aromatic rings. The molecule has 0 bridgehead atoms. The second kappa shape index (κ2) is 9.63. The smallest absolute Gasteiger partial charge is 0.244 e. The number of benzene rings is 2. The molecule has 0 spiro atoms. The third-order valence-electron chi connectivity index (χ3n) is 4.99. The van der Waals surface area contributed by atoms with Gasteiger partial charge in [0.2, 0.25) is 15.9 Å². The zero-order valence-electron chi connectivity index (χ0n) is 17.6. The number of halogens is 1. The van der Waals surface area contributed by atoms with Gasteiger partial charge in [0.25, 0.3) is 0 Å². The minimum atomic E-state index is -3.71. The van der Waals surface area contributed by atoms with Gasteiger partial charge in [0, 0.05) is 5.02 Å². The van der Waals surface area contributed by atoms with Crippen LogP contribution in [0, 0.1) is 6.92 Å². The first-order valence-corrected chi connectivity index (χ1v) is 12.0. The average molecular weight is 437 g/mol. The highest BCUT2D eigenvalue weighted by Crippen LogP contribution is 2.29. The van der Waals surface area contributed by atoms with Crippen molar-refractivity contribution in [1.29, 1.82) is 0 Å². The van der Waals surface area contributed by atoms with Crippen molar-refractivity contribution in [2.24, 2.45) is 0 Å². The number of sulfonamides is 1. The first-order chi connectivity index (χ1) is 13.6. The number of aryl methyl sites for hydroxylation is 2. The van der Waals surface area contributed by atoms with E-state index < -0.39 is 16.1 Å². The number of carbonyl (C=O) groups is 1. The van der Waals surface area contributed by atoms with Crippen LogP contribution < -0.4 is 9.62 Å². The van der Waals surface area contributed by atoms with Crippen LogP contribution >= 0.6 is 11.6 Å². The van der Waals surface area contributed by atoms with Gasteiger partial charge in [-0.3, -0.25) is 9.10 Å². The molecule has 2 aromatic carbocycles. The van der Waals surface area contributed by atoms with Gasteiger partial charge in [-0.1, -0.05) is 55.8 Å². The van der Waals surface area contributed by atoms with E-state index in [1.165, 1.54) is 9.87 Å². The molecule has 0 saturated heterocycles. The third kappa shape index (κ3) is 5.73. The Morgan fingerprint density at radius 3 is 2.28 bits per heavy atom. The maximum Gasteiger partial charge on any atom is 0.244 e. The van der Waals surface area contributed by atoms with E-state index in [2.05, 4.69) is 12.2 Å². The maximum atomic E-state index is 13.1. The molecule has 0 fully saturated rings. The Morgan fingerprint density at radius 2 is 1.76 bits per heavy atom. The Balaban J connectivity index is 2.34. The quantitative estimate of drug-likeness (QED) is 0.655. The highest BCUT2D eigenvalue weighted by molar-refractivity contribution is 7.92. The van der Waals surface area contributed by atoms with Gasteiger partial charge in [0.05, 0.1) is 18.0 Å². The van der Waals surface area contributed by atoms with Gasteiger partial charge in [-0.2, -0.15) is 0 Å². The van der Waals surface area contributed by atoms with Gasteiger partial charge >= 0.3 is 0 Å². The Kier molecular flexibility index (Phi) is 7.72. The van der Waals surface area contributed by atoms with Gasteiger partial charge in [0.1, 0.15) is 6.04 Å². The lowest BCUT2D eigenvalue weighted by Crippen LogP contribution is -2.50. The van der Waals surface area contributed by atoms with Crippen LogP contribution in [0.3, 0.4) is 0 Å². The Labute approximate surface area is 179 Å². The van der Waals surface area contributed by atoms with Crippen molar-refractivity contribution in [2.75, 3.05) is 10.6 Å². The van der Waals surface area contributed by atoms with Crippen LogP contribution in [0.25, 0.3) is 0 Å². The average Bonchev–Trinajstić information content (AvgIpc) is 2.67. The lowest BCUT2D eigenvalue weighted by atomic mass is 10.0. The molecule has 0 unspecified atom stereocenters. The van der Waals surface area contributed by atoms with Crippen LogP contribution in [0.5, 0.6) is 0 Å². The normalized spacial score (nSPS) is 13.6. The molecule has 1 amide bonds. The summed E-state index contributed by atoms with van der Waals surface area (Å²) in [5.74, 6) is -0.343. The first kappa shape index (κ1) is 23.2. The summed E-state index contributed by atoms with van der Waals surface area (Å²) in [4.78, 5) is 13.1. The molecule has 158 valence electrons. The van der Waals surface area contributed by atoms with E-state index in [4.69, 9.17) is 11.6 Å². The fourth-order valence-corrected chi connectivity index (χ4v) is 4.72. The van der Waals surface area contributed by atoms with E-state index >= 15 is 0 Å². The molecule has 0 aromatic heterocycles. The van der Waals surface area contributed by atoms with E-state index in [0.717, 1.165) is 23.8 Å². The van der Waals surface area contributed by atoms with Crippen molar-refractivity contribution < 1.29 is 13.2 Å². The highest BCUT2D eigenvalue weighted by Gasteiger charge is 2.33. The molecule has 2 rings (SSSR count). The largest absolute Gasteiger partial charge is 0.348 e. The second-order valence-corrected chi connectivity index (χ2v) is 9.53. The lowest BCUT2D eigenvalue weighted by Gasteiger charge is -2.32. The summed E-state index contributed by atoms with van der Waals surface area (Å²) in [6, 6.07) is 12.0. The number of nitrogens with one attached hydrogen (secondary N) is 1. The molecular weight excluding hydrogens is 408 g/mol. The number of amides is 1. The summed E-state index contributed by atoms with van der Waals surface area (Å²) >= 11 is 6.11. The Hall–Kier alpha value is -2.05. The van der Waals surface area contributed by atoms with Crippen LogP contribution in [0.1, 0.15) is 49.9 Å². The predicted octanol–water partition coefficient (Wildman–Crippen LogP) is 4.63. The van der Waals surface area contributed by atoms with Gasteiger partial charge in [-0.05, 0) is 55.5 Å². The van der Waals surface area contributed by atoms with Crippen molar-refractivity contribution in [2.45, 2.75) is 52.6 Å². The summed E-state index contributed by atoms with van der Waals surface area (Å²) in [6.07, 6.45) is 2.38. The molecule has 0 saturated carbocycles. The van der Waals surface area contributed by atoms with Gasteiger partial charge in [0.15, 0.2) is 0 Å². The van der Waals surface area contributed by atoms with E-state index in [1.807, 2.05) is 31.2 Å². The fraction of sp³-hybridized carbons (Fsp3) is 0.409. The molecule has 0 aliphatic rings. The van der Waals surface area contributed by atoms with Crippen molar-refractivity contribution in [3.8, 4) is 0 Å². The van der Waals surface area contributed by atoms with Crippen molar-refractivity contribution in [3.63, 3.8) is 0 Å². The number of hydrogen-bond acceptors (Lipinski definition) is 3. The zero-order chi connectivity index (χ0) is 21.8. The number of nitrogens with zero attached hydrogens (tertiary/aromatic N) is 1. The summed E-state index contributed by atoms with van der Waals surface area (Å²) in [7, 11) is -3.71. The predicted molar refractivity (Wildman–Crippen MR) is 120 cm³/mol. The Morgan fingerprint density at radius 1 is 1.14 bits per heavy atom. The van der Waals surface area contributed by atoms with E-state index in [1.54, 1.807) is 32.0 Å². The molecule has 29 heavy (non-hydrogen) atoms. The SMILES string of the molecule is CCc1ccc([C@@H](C)NC(=O)[C@H](CC)N(c2cc(Cl)ccc2C)S(C)(=O)=O)cc1. The summed E-state index contributed by atoms with van der Waals surface area (Å²) < 4.78 is 26.4. The number of carbonyl (C=O) groups excluding carboxylic acids is 1. The molecule has 0 radical (unpaired) electrons. The topological polar surface area (TPSA) is 66.5 Å². The number of anilines is 1. The standard InChI is InChI=1S/C22H29ClN2O3S/c1-6-17-9-11-18(12-10-17)16(4)24-22(26)20(7-2)25(29(5,27)28)21-14-19(23)13-8-15(21)3/h8-14,16,20H,6-7H2,1-5H3,(H,24,26)/t16-,20+/m1/s1. The van der Waals surface area contributed by atoms with Crippen molar-refractivity contribution >= 4 is 33.2 Å². The van der Waals surface area contributed by atoms with Crippen LogP contribution in [0.15, 0.2) is 42.5 Å². The van der Waals surface area contributed by atoms with Crippen molar-refractivity contribution in [1.82, 2.24) is 5.32 Å². The lowest BCUT2D eigenvalue weighted by molar-refractivity contribution is -0.122. The van der Waals surface area contributed by atoms with Gasteiger partial charge in [-0.25, -0.2) is 8.42 Å².